The number of aromatic nitrogens is 2. The molecule has 3 nitrogen and oxygen atoms in total. The van der Waals surface area contributed by atoms with Crippen LogP contribution in [-0.4, -0.2) is 16.1 Å². The van der Waals surface area contributed by atoms with Crippen molar-refractivity contribution >= 4 is 5.69 Å². The third-order valence-corrected chi connectivity index (χ3v) is 3.62. The Morgan fingerprint density at radius 1 is 1.26 bits per heavy atom. The third kappa shape index (κ3) is 2.78. The fraction of sp³-hybridized carbons (Fsp3) is 0.400. The molecular weight excluding hydrogens is 241 g/mol. The molecule has 0 saturated carbocycles. The number of benzene rings is 1. The highest BCUT2D eigenvalue weighted by molar-refractivity contribution is 5.42. The Hall–Kier alpha value is -1.84. The Morgan fingerprint density at radius 2 is 2.16 bits per heavy atom. The molecule has 1 aromatic carbocycles. The van der Waals surface area contributed by atoms with Crippen LogP contribution in [0.15, 0.2) is 30.6 Å². The fourth-order valence-electron chi connectivity index (χ4n) is 2.64. The van der Waals surface area contributed by atoms with Crippen molar-refractivity contribution in [2.24, 2.45) is 0 Å². The molecule has 1 aromatic heterocycles. The Balaban J connectivity index is 1.59. The zero-order valence-corrected chi connectivity index (χ0v) is 10.9. The van der Waals surface area contributed by atoms with Crippen molar-refractivity contribution in [3.63, 3.8) is 0 Å². The van der Waals surface area contributed by atoms with E-state index in [2.05, 4.69) is 14.9 Å². The highest BCUT2D eigenvalue weighted by Gasteiger charge is 2.14. The summed E-state index contributed by atoms with van der Waals surface area (Å²) in [6.07, 6.45) is 6.69. The maximum Gasteiger partial charge on any atom is 0.125 e. The predicted molar refractivity (Wildman–Crippen MR) is 73.8 cm³/mol. The summed E-state index contributed by atoms with van der Waals surface area (Å²) in [7, 11) is 0. The average molecular weight is 259 g/mol. The van der Waals surface area contributed by atoms with E-state index < -0.39 is 0 Å². The molecule has 0 unspecified atom stereocenters. The minimum absolute atomic E-state index is 0.204. The van der Waals surface area contributed by atoms with Crippen LogP contribution in [0.1, 0.15) is 24.2 Å². The first kappa shape index (κ1) is 12.2. The predicted octanol–water partition coefficient (Wildman–Crippen LogP) is 3.01. The van der Waals surface area contributed by atoms with Gasteiger partial charge in [-0.2, -0.15) is 0 Å². The highest BCUT2D eigenvalue weighted by Crippen LogP contribution is 2.19. The number of halogens is 1. The maximum absolute atomic E-state index is 13.0. The molecule has 1 aliphatic carbocycles. The van der Waals surface area contributed by atoms with Crippen LogP contribution in [0.3, 0.4) is 0 Å². The number of aryl methyl sites for hydroxylation is 1. The van der Waals surface area contributed by atoms with Gasteiger partial charge in [0, 0.05) is 24.5 Å². The van der Waals surface area contributed by atoms with E-state index in [4.69, 9.17) is 0 Å². The first-order valence-electron chi connectivity index (χ1n) is 6.85. The zero-order valence-electron chi connectivity index (χ0n) is 10.9. The standard InChI is InChI=1S/C15H18FN3/c16-12-4-3-5-13(10-12)17-8-9-19-11-18-14-6-1-2-7-15(14)19/h3-5,10-11,17H,1-2,6-9H2. The van der Waals surface area contributed by atoms with Gasteiger partial charge in [0.1, 0.15) is 5.82 Å². The lowest BCUT2D eigenvalue weighted by Gasteiger charge is -2.14. The lowest BCUT2D eigenvalue weighted by Crippen LogP contribution is -2.14. The number of hydrogen-bond donors (Lipinski definition) is 1. The van der Waals surface area contributed by atoms with E-state index in [-0.39, 0.29) is 5.82 Å². The summed E-state index contributed by atoms with van der Waals surface area (Å²) in [5.74, 6) is -0.204. The van der Waals surface area contributed by atoms with Gasteiger partial charge < -0.3 is 9.88 Å². The second-order valence-corrected chi connectivity index (χ2v) is 4.98. The summed E-state index contributed by atoms with van der Waals surface area (Å²) < 4.78 is 15.3. The Kier molecular flexibility index (Phi) is 3.49. The van der Waals surface area contributed by atoms with Crippen molar-refractivity contribution in [1.82, 2.24) is 9.55 Å². The van der Waals surface area contributed by atoms with Gasteiger partial charge in [-0.15, -0.1) is 0 Å². The lowest BCUT2D eigenvalue weighted by atomic mass is 10.0. The normalized spacial score (nSPS) is 14.2. The fourth-order valence-corrected chi connectivity index (χ4v) is 2.64. The molecule has 0 atom stereocenters. The van der Waals surface area contributed by atoms with Gasteiger partial charge in [-0.05, 0) is 43.9 Å². The van der Waals surface area contributed by atoms with Crippen molar-refractivity contribution in [3.05, 3.63) is 47.8 Å². The van der Waals surface area contributed by atoms with E-state index in [1.54, 1.807) is 6.07 Å². The molecule has 0 bridgehead atoms. The SMILES string of the molecule is Fc1cccc(NCCn2cnc3c2CCCC3)c1. The number of fused-ring (bicyclic) bond motifs is 1. The highest BCUT2D eigenvalue weighted by atomic mass is 19.1. The quantitative estimate of drug-likeness (QED) is 0.914. The van der Waals surface area contributed by atoms with Crippen molar-refractivity contribution in [1.29, 1.82) is 0 Å². The van der Waals surface area contributed by atoms with E-state index >= 15 is 0 Å². The zero-order chi connectivity index (χ0) is 13.1. The molecule has 1 aliphatic rings. The smallest absolute Gasteiger partial charge is 0.125 e. The lowest BCUT2D eigenvalue weighted by molar-refractivity contribution is 0.612. The summed E-state index contributed by atoms with van der Waals surface area (Å²) in [5, 5.41) is 3.24. The van der Waals surface area contributed by atoms with E-state index in [0.29, 0.717) is 0 Å². The van der Waals surface area contributed by atoms with E-state index in [1.165, 1.54) is 36.4 Å². The number of rotatable bonds is 4. The number of anilines is 1. The maximum atomic E-state index is 13.0. The van der Waals surface area contributed by atoms with Gasteiger partial charge in [0.25, 0.3) is 0 Å². The van der Waals surface area contributed by atoms with Crippen LogP contribution in [0.25, 0.3) is 0 Å². The first-order chi connectivity index (χ1) is 9.33. The molecule has 0 fully saturated rings. The largest absolute Gasteiger partial charge is 0.383 e. The molecule has 2 aromatic rings. The minimum atomic E-state index is -0.204. The number of imidazole rings is 1. The molecule has 1 heterocycles. The second-order valence-electron chi connectivity index (χ2n) is 4.98. The van der Waals surface area contributed by atoms with Crippen molar-refractivity contribution in [2.45, 2.75) is 32.2 Å². The van der Waals surface area contributed by atoms with Gasteiger partial charge in [0.15, 0.2) is 0 Å². The van der Waals surface area contributed by atoms with Gasteiger partial charge in [-0.25, -0.2) is 9.37 Å². The first-order valence-corrected chi connectivity index (χ1v) is 6.85. The van der Waals surface area contributed by atoms with Crippen molar-refractivity contribution < 1.29 is 4.39 Å². The van der Waals surface area contributed by atoms with Gasteiger partial charge >= 0.3 is 0 Å². The van der Waals surface area contributed by atoms with Crippen molar-refractivity contribution in [2.75, 3.05) is 11.9 Å². The average Bonchev–Trinajstić information content (AvgIpc) is 2.83. The molecule has 4 heteroatoms. The van der Waals surface area contributed by atoms with Crippen LogP contribution < -0.4 is 5.32 Å². The van der Waals surface area contributed by atoms with E-state index in [0.717, 1.165) is 31.6 Å². The van der Waals surface area contributed by atoms with Gasteiger partial charge in [0.05, 0.1) is 12.0 Å². The number of hydrogen-bond acceptors (Lipinski definition) is 2. The topological polar surface area (TPSA) is 29.9 Å². The molecule has 0 aliphatic heterocycles. The van der Waals surface area contributed by atoms with E-state index in [9.17, 15) is 4.39 Å². The summed E-state index contributed by atoms with van der Waals surface area (Å²) in [6, 6.07) is 6.57. The molecule has 19 heavy (non-hydrogen) atoms. The van der Waals surface area contributed by atoms with Gasteiger partial charge in [0.2, 0.25) is 0 Å². The summed E-state index contributed by atoms with van der Waals surface area (Å²) in [4.78, 5) is 4.47. The number of nitrogens with one attached hydrogen (secondary N) is 1. The van der Waals surface area contributed by atoms with Crippen LogP contribution >= 0.6 is 0 Å². The number of nitrogens with zero attached hydrogens (tertiary/aromatic N) is 2. The van der Waals surface area contributed by atoms with Crippen molar-refractivity contribution in [3.8, 4) is 0 Å². The van der Waals surface area contributed by atoms with E-state index in [1.807, 2.05) is 12.4 Å². The summed E-state index contributed by atoms with van der Waals surface area (Å²) in [5.41, 5.74) is 3.47. The Morgan fingerprint density at radius 3 is 3.05 bits per heavy atom. The van der Waals surface area contributed by atoms with Crippen LogP contribution in [0.2, 0.25) is 0 Å². The Labute approximate surface area is 112 Å². The molecule has 0 radical (unpaired) electrons. The molecule has 0 saturated heterocycles. The molecule has 100 valence electrons. The molecule has 0 amide bonds. The summed E-state index contributed by atoms with van der Waals surface area (Å²) >= 11 is 0. The monoisotopic (exact) mass is 259 g/mol. The third-order valence-electron chi connectivity index (χ3n) is 3.62. The second kappa shape index (κ2) is 5.43. The Bertz CT molecular complexity index is 562. The molecule has 1 N–H and O–H groups in total. The van der Waals surface area contributed by atoms with Gasteiger partial charge in [-0.1, -0.05) is 6.07 Å². The molecule has 0 spiro atoms. The van der Waals surface area contributed by atoms with Crippen LogP contribution in [0, 0.1) is 5.82 Å². The van der Waals surface area contributed by atoms with Crippen LogP contribution in [0.4, 0.5) is 10.1 Å². The van der Waals surface area contributed by atoms with Crippen LogP contribution in [0.5, 0.6) is 0 Å². The van der Waals surface area contributed by atoms with Crippen LogP contribution in [-0.2, 0) is 19.4 Å². The van der Waals surface area contributed by atoms with Gasteiger partial charge in [-0.3, -0.25) is 0 Å². The minimum Gasteiger partial charge on any atom is -0.383 e. The summed E-state index contributed by atoms with van der Waals surface area (Å²) in [6.45, 7) is 1.66. The molecular formula is C15H18FN3. The molecule has 3 rings (SSSR count).